The number of aromatic nitrogens is 2. The largest absolute Gasteiger partial charge is 0.396 e. The molecule has 0 saturated heterocycles. The molecule has 0 bridgehead atoms. The van der Waals surface area contributed by atoms with Crippen molar-refractivity contribution in [3.8, 4) is 0 Å². The van der Waals surface area contributed by atoms with Crippen LogP contribution in [0.1, 0.15) is 42.3 Å². The number of hydrogen-bond acceptors (Lipinski definition) is 5. The molecule has 0 spiro atoms. The van der Waals surface area contributed by atoms with Crippen LogP contribution in [0.15, 0.2) is 35.0 Å². The van der Waals surface area contributed by atoms with Gasteiger partial charge in [-0.1, -0.05) is 31.5 Å². The normalized spacial score (nSPS) is 12.9. The Labute approximate surface area is 188 Å². The van der Waals surface area contributed by atoms with Gasteiger partial charge in [-0.3, -0.25) is 4.68 Å². The van der Waals surface area contributed by atoms with E-state index in [0.29, 0.717) is 23.6 Å². The van der Waals surface area contributed by atoms with Gasteiger partial charge in [-0.15, -0.1) is 0 Å². The quantitative estimate of drug-likeness (QED) is 0.553. The molecule has 0 radical (unpaired) electrons. The first kappa shape index (κ1) is 25.5. The minimum atomic E-state index is -3.60. The Morgan fingerprint density at radius 3 is 2.58 bits per heavy atom. The first-order valence-corrected chi connectivity index (χ1v) is 11.8. The summed E-state index contributed by atoms with van der Waals surface area (Å²) in [5.74, 6) is -0.343. The van der Waals surface area contributed by atoms with Crippen LogP contribution in [0.4, 0.5) is 4.39 Å². The molecule has 7 nitrogen and oxygen atoms in total. The average molecular weight is 473 g/mol. The molecule has 0 aliphatic heterocycles. The van der Waals surface area contributed by atoms with Gasteiger partial charge >= 0.3 is 0 Å². The van der Waals surface area contributed by atoms with Crippen molar-refractivity contribution in [3.63, 3.8) is 0 Å². The fourth-order valence-electron chi connectivity index (χ4n) is 3.30. The average Bonchev–Trinajstić information content (AvgIpc) is 3.01. The smallest absolute Gasteiger partial charge is 0.242 e. The second-order valence-electron chi connectivity index (χ2n) is 7.70. The first-order chi connectivity index (χ1) is 14.5. The van der Waals surface area contributed by atoms with Crippen LogP contribution in [0.25, 0.3) is 0 Å². The van der Waals surface area contributed by atoms with Gasteiger partial charge in [0.1, 0.15) is 5.83 Å². The Morgan fingerprint density at radius 2 is 2.06 bits per heavy atom. The Kier molecular flexibility index (Phi) is 8.79. The predicted molar refractivity (Wildman–Crippen MR) is 120 cm³/mol. The number of aliphatic hydroxyl groups excluding tert-OH is 1. The summed E-state index contributed by atoms with van der Waals surface area (Å²) >= 11 is 6.44. The lowest BCUT2D eigenvalue weighted by Crippen LogP contribution is -2.22. The molecule has 0 aliphatic carbocycles. The summed E-state index contributed by atoms with van der Waals surface area (Å²) < 4.78 is 41.6. The number of nitrogens with zero attached hydrogens (tertiary/aromatic N) is 3. The van der Waals surface area contributed by atoms with Gasteiger partial charge in [-0.05, 0) is 29.7 Å². The summed E-state index contributed by atoms with van der Waals surface area (Å²) in [6.45, 7) is 3.87. The molecule has 3 N–H and O–H groups in total. The Morgan fingerprint density at radius 1 is 1.39 bits per heavy atom. The van der Waals surface area contributed by atoms with E-state index in [1.165, 1.54) is 32.3 Å². The molecule has 172 valence electrons. The Hall–Kier alpha value is -1.78. The second kappa shape index (κ2) is 10.7. The SMILES string of the molecule is CC(C)c1nn(C/C(F)=C/CN)c(CCO)c1Cc1ccc(S(=O)(=O)N(C)C)cc1Cl. The van der Waals surface area contributed by atoms with Crippen LogP contribution in [0.3, 0.4) is 0 Å². The Balaban J connectivity index is 2.52. The van der Waals surface area contributed by atoms with Gasteiger partial charge in [0.25, 0.3) is 0 Å². The number of rotatable bonds is 10. The van der Waals surface area contributed by atoms with Gasteiger partial charge in [0.15, 0.2) is 0 Å². The van der Waals surface area contributed by atoms with Crippen molar-refractivity contribution < 1.29 is 17.9 Å². The summed E-state index contributed by atoms with van der Waals surface area (Å²) in [4.78, 5) is 0.107. The monoisotopic (exact) mass is 472 g/mol. The zero-order valence-corrected chi connectivity index (χ0v) is 19.8. The molecule has 0 aliphatic rings. The van der Waals surface area contributed by atoms with Crippen LogP contribution < -0.4 is 5.73 Å². The number of allylic oxidation sites excluding steroid dienone is 1. The highest BCUT2D eigenvalue weighted by molar-refractivity contribution is 7.89. The van der Waals surface area contributed by atoms with Crippen LogP contribution in [0.5, 0.6) is 0 Å². The third kappa shape index (κ3) is 5.93. The molecule has 0 amide bonds. The van der Waals surface area contributed by atoms with Crippen molar-refractivity contribution in [3.05, 3.63) is 57.6 Å². The van der Waals surface area contributed by atoms with Gasteiger partial charge in [0.05, 0.1) is 17.1 Å². The van der Waals surface area contributed by atoms with E-state index in [4.69, 9.17) is 17.3 Å². The lowest BCUT2D eigenvalue weighted by Gasteiger charge is -2.14. The maximum Gasteiger partial charge on any atom is 0.242 e. The Bertz CT molecular complexity index is 1050. The molecule has 10 heteroatoms. The summed E-state index contributed by atoms with van der Waals surface area (Å²) in [5.41, 5.74) is 8.47. The van der Waals surface area contributed by atoms with Crippen molar-refractivity contribution in [1.29, 1.82) is 0 Å². The topological polar surface area (TPSA) is 101 Å². The fourth-order valence-corrected chi connectivity index (χ4v) is 4.54. The molecule has 0 saturated carbocycles. The third-order valence-corrected chi connectivity index (χ3v) is 7.07. The van der Waals surface area contributed by atoms with Crippen molar-refractivity contribution >= 4 is 21.6 Å². The highest BCUT2D eigenvalue weighted by Gasteiger charge is 2.23. The number of benzene rings is 1. The molecule has 31 heavy (non-hydrogen) atoms. The zero-order valence-electron chi connectivity index (χ0n) is 18.3. The lowest BCUT2D eigenvalue weighted by molar-refractivity contribution is 0.295. The minimum Gasteiger partial charge on any atom is -0.396 e. The van der Waals surface area contributed by atoms with Gasteiger partial charge in [-0.25, -0.2) is 17.1 Å². The van der Waals surface area contributed by atoms with E-state index >= 15 is 0 Å². The van der Waals surface area contributed by atoms with Crippen molar-refractivity contribution in [2.24, 2.45) is 5.73 Å². The van der Waals surface area contributed by atoms with Crippen LogP contribution in [0.2, 0.25) is 5.02 Å². The molecular formula is C21H30ClFN4O3S. The highest BCUT2D eigenvalue weighted by Crippen LogP contribution is 2.30. The lowest BCUT2D eigenvalue weighted by atomic mass is 9.96. The van der Waals surface area contributed by atoms with Crippen molar-refractivity contribution in [2.45, 2.75) is 44.0 Å². The van der Waals surface area contributed by atoms with Crippen molar-refractivity contribution in [2.75, 3.05) is 27.2 Å². The van der Waals surface area contributed by atoms with Gasteiger partial charge in [-0.2, -0.15) is 5.10 Å². The summed E-state index contributed by atoms with van der Waals surface area (Å²) in [5, 5.41) is 14.5. The van der Waals surface area contributed by atoms with Crippen molar-refractivity contribution in [1.82, 2.24) is 14.1 Å². The maximum atomic E-state index is 14.1. The highest BCUT2D eigenvalue weighted by atomic mass is 35.5. The molecule has 0 fully saturated rings. The summed E-state index contributed by atoms with van der Waals surface area (Å²) in [7, 11) is -0.685. The summed E-state index contributed by atoms with van der Waals surface area (Å²) in [6, 6.07) is 4.63. The first-order valence-electron chi connectivity index (χ1n) is 9.97. The number of halogens is 2. The maximum absolute atomic E-state index is 14.1. The number of nitrogens with two attached hydrogens (primary N) is 1. The van der Waals surface area contributed by atoms with E-state index < -0.39 is 15.9 Å². The van der Waals surface area contributed by atoms with E-state index in [9.17, 15) is 17.9 Å². The molecule has 2 aromatic rings. The van der Waals surface area contributed by atoms with E-state index in [-0.39, 0.29) is 30.5 Å². The number of sulfonamides is 1. The van der Waals surface area contributed by atoms with Gasteiger partial charge in [0, 0.05) is 56.4 Å². The van der Waals surface area contributed by atoms with Crippen LogP contribution in [0, 0.1) is 0 Å². The standard InChI is InChI=1S/C21H30ClFN4O3S/c1-14(2)21-18(20(8-10-28)27(25-21)13-16(23)7-9-24)11-15-5-6-17(12-19(15)22)31(29,30)26(3)4/h5-7,12,14,28H,8-11,13,24H2,1-4H3/b16-7-. The van der Waals surface area contributed by atoms with E-state index in [0.717, 1.165) is 21.1 Å². The molecule has 1 heterocycles. The van der Waals surface area contributed by atoms with E-state index in [1.54, 1.807) is 10.7 Å². The zero-order chi connectivity index (χ0) is 23.3. The predicted octanol–water partition coefficient (Wildman–Crippen LogP) is 2.85. The third-order valence-electron chi connectivity index (χ3n) is 4.90. The molecule has 0 unspecified atom stereocenters. The van der Waals surface area contributed by atoms with Gasteiger partial charge in [0.2, 0.25) is 10.0 Å². The molecule has 0 atom stereocenters. The molecule has 1 aromatic heterocycles. The van der Waals surface area contributed by atoms with Crippen LogP contribution in [-0.2, 0) is 29.4 Å². The number of hydrogen-bond donors (Lipinski definition) is 2. The summed E-state index contributed by atoms with van der Waals surface area (Å²) in [6.07, 6.45) is 1.97. The second-order valence-corrected chi connectivity index (χ2v) is 10.3. The van der Waals surface area contributed by atoms with E-state index in [2.05, 4.69) is 5.10 Å². The fraction of sp³-hybridized carbons (Fsp3) is 0.476. The molecule has 1 aromatic carbocycles. The number of aliphatic hydroxyl groups is 1. The van der Waals surface area contributed by atoms with Crippen LogP contribution >= 0.6 is 11.6 Å². The minimum absolute atomic E-state index is 0.0578. The van der Waals surface area contributed by atoms with Crippen LogP contribution in [-0.4, -0.2) is 54.9 Å². The van der Waals surface area contributed by atoms with Gasteiger partial charge < -0.3 is 10.8 Å². The van der Waals surface area contributed by atoms with E-state index in [1.807, 2.05) is 13.8 Å². The molecular weight excluding hydrogens is 443 g/mol. The molecule has 2 rings (SSSR count).